The van der Waals surface area contributed by atoms with Gasteiger partial charge in [-0.2, -0.15) is 0 Å². The summed E-state index contributed by atoms with van der Waals surface area (Å²) >= 11 is -2.45. The highest BCUT2D eigenvalue weighted by molar-refractivity contribution is 7.80. The number of hydrogen-bond acceptors (Lipinski definition) is 4. The van der Waals surface area contributed by atoms with Gasteiger partial charge in [-0.15, -0.1) is 0 Å². The van der Waals surface area contributed by atoms with Gasteiger partial charge in [0, 0.05) is 59.8 Å². The Hall–Kier alpha value is -2.43. The summed E-state index contributed by atoms with van der Waals surface area (Å²) in [4.78, 5) is 16.3. The Morgan fingerprint density at radius 3 is 2.37 bits per heavy atom. The highest BCUT2D eigenvalue weighted by Crippen LogP contribution is 2.29. The topological polar surface area (TPSA) is 75.7 Å². The second-order valence-electron chi connectivity index (χ2n) is 7.19. The van der Waals surface area contributed by atoms with Crippen molar-refractivity contribution >= 4 is 22.9 Å². The fourth-order valence-corrected chi connectivity index (χ4v) is 4.02. The molecule has 0 saturated carbocycles. The standard InChI is InChI=1S/C20H22F3N3O3S/c1-12-11-25(13(2)18-16(21)7-8-17(22)19(18)23)9-10-26(12)20(27)14-3-5-15(6-4-14)24-30(28)29/h3-8,12-13,24H,9-11H2,1-2H3,(H,28,29)/p-1. The van der Waals surface area contributed by atoms with Crippen molar-refractivity contribution in [2.45, 2.75) is 25.9 Å². The maximum atomic E-state index is 14.2. The number of carbonyl (C=O) groups is 1. The normalized spacial score (nSPS) is 19.4. The fourth-order valence-electron chi connectivity index (χ4n) is 3.69. The van der Waals surface area contributed by atoms with Crippen molar-refractivity contribution < 1.29 is 26.7 Å². The molecule has 0 aromatic heterocycles. The van der Waals surface area contributed by atoms with Crippen LogP contribution in [0.1, 0.15) is 35.8 Å². The summed E-state index contributed by atoms with van der Waals surface area (Å²) in [6.45, 7) is 4.48. The molecular formula is C20H21F3N3O3S-. The molecule has 0 radical (unpaired) electrons. The van der Waals surface area contributed by atoms with Gasteiger partial charge in [0.1, 0.15) is 5.82 Å². The van der Waals surface area contributed by atoms with Crippen molar-refractivity contribution in [2.75, 3.05) is 24.4 Å². The number of piperazine rings is 1. The van der Waals surface area contributed by atoms with Crippen LogP contribution in [-0.4, -0.2) is 50.1 Å². The van der Waals surface area contributed by atoms with Crippen LogP contribution in [-0.2, 0) is 11.3 Å². The molecule has 3 unspecified atom stereocenters. The summed E-state index contributed by atoms with van der Waals surface area (Å²) in [7, 11) is 0. The van der Waals surface area contributed by atoms with Crippen LogP contribution in [0, 0.1) is 17.5 Å². The third-order valence-corrected chi connectivity index (χ3v) is 5.70. The van der Waals surface area contributed by atoms with Crippen LogP contribution in [0.4, 0.5) is 18.9 Å². The SMILES string of the molecule is CC(c1c(F)ccc(F)c1F)N1CCN(C(=O)c2ccc(NS(=O)[O-])cc2)C(C)C1. The van der Waals surface area contributed by atoms with E-state index in [1.165, 1.54) is 24.3 Å². The molecule has 0 spiro atoms. The molecule has 30 heavy (non-hydrogen) atoms. The van der Waals surface area contributed by atoms with E-state index in [0.29, 0.717) is 30.9 Å². The van der Waals surface area contributed by atoms with Crippen molar-refractivity contribution in [2.24, 2.45) is 0 Å². The van der Waals surface area contributed by atoms with Gasteiger partial charge in [0.15, 0.2) is 11.6 Å². The number of benzene rings is 2. The van der Waals surface area contributed by atoms with Gasteiger partial charge in [-0.1, -0.05) is 0 Å². The zero-order chi connectivity index (χ0) is 22.0. The zero-order valence-corrected chi connectivity index (χ0v) is 17.2. The third-order valence-electron chi connectivity index (χ3n) is 5.30. The largest absolute Gasteiger partial charge is 0.755 e. The lowest BCUT2D eigenvalue weighted by Gasteiger charge is -2.42. The Labute approximate surface area is 175 Å². The van der Waals surface area contributed by atoms with Gasteiger partial charge >= 0.3 is 0 Å². The highest BCUT2D eigenvalue weighted by Gasteiger charge is 2.32. The second-order valence-corrected chi connectivity index (χ2v) is 7.86. The molecule has 1 heterocycles. The lowest BCUT2D eigenvalue weighted by molar-refractivity contribution is 0.0396. The molecule has 1 amide bonds. The Morgan fingerprint density at radius 2 is 1.77 bits per heavy atom. The lowest BCUT2D eigenvalue weighted by atomic mass is 10.0. The van der Waals surface area contributed by atoms with Gasteiger partial charge in [-0.3, -0.25) is 13.9 Å². The van der Waals surface area contributed by atoms with E-state index < -0.39 is 34.8 Å². The summed E-state index contributed by atoms with van der Waals surface area (Å²) < 4.78 is 65.4. The molecule has 2 aromatic carbocycles. The Bertz CT molecular complexity index is 958. The molecule has 1 N–H and O–H groups in total. The second kappa shape index (κ2) is 9.15. The molecular weight excluding hydrogens is 419 g/mol. The average molecular weight is 440 g/mol. The monoisotopic (exact) mass is 440 g/mol. The average Bonchev–Trinajstić information content (AvgIpc) is 2.70. The Kier molecular flexibility index (Phi) is 6.79. The molecule has 0 bridgehead atoms. The van der Waals surface area contributed by atoms with Gasteiger partial charge in [0.2, 0.25) is 0 Å². The maximum Gasteiger partial charge on any atom is 0.254 e. The first-order valence-electron chi connectivity index (χ1n) is 9.33. The van der Waals surface area contributed by atoms with E-state index in [4.69, 9.17) is 0 Å². The highest BCUT2D eigenvalue weighted by atomic mass is 32.2. The van der Waals surface area contributed by atoms with Crippen LogP contribution in [0.25, 0.3) is 0 Å². The van der Waals surface area contributed by atoms with Crippen LogP contribution < -0.4 is 4.72 Å². The molecule has 0 aliphatic carbocycles. The third kappa shape index (κ3) is 4.66. The van der Waals surface area contributed by atoms with Crippen molar-refractivity contribution in [3.8, 4) is 0 Å². The van der Waals surface area contributed by atoms with E-state index >= 15 is 0 Å². The minimum atomic E-state index is -2.45. The summed E-state index contributed by atoms with van der Waals surface area (Å²) in [6.07, 6.45) is 0. The number of hydrogen-bond donors (Lipinski definition) is 1. The first kappa shape index (κ1) is 22.3. The summed E-state index contributed by atoms with van der Waals surface area (Å²) in [5.41, 5.74) is 0.416. The lowest BCUT2D eigenvalue weighted by Crippen LogP contribution is -2.54. The van der Waals surface area contributed by atoms with Crippen LogP contribution in [0.3, 0.4) is 0 Å². The predicted molar refractivity (Wildman–Crippen MR) is 106 cm³/mol. The quantitative estimate of drug-likeness (QED) is 0.572. The molecule has 1 aliphatic rings. The molecule has 6 nitrogen and oxygen atoms in total. The number of carbonyl (C=O) groups excluding carboxylic acids is 1. The first-order valence-corrected chi connectivity index (χ1v) is 10.4. The predicted octanol–water partition coefficient (Wildman–Crippen LogP) is 3.22. The maximum absolute atomic E-state index is 14.2. The van der Waals surface area contributed by atoms with Crippen LogP contribution in [0.2, 0.25) is 0 Å². The first-order chi connectivity index (χ1) is 14.2. The fraction of sp³-hybridized carbons (Fsp3) is 0.350. The van der Waals surface area contributed by atoms with E-state index in [1.807, 2.05) is 11.8 Å². The number of anilines is 1. The molecule has 1 saturated heterocycles. The smallest absolute Gasteiger partial charge is 0.254 e. The van der Waals surface area contributed by atoms with E-state index in [0.717, 1.165) is 12.1 Å². The van der Waals surface area contributed by atoms with E-state index in [-0.39, 0.29) is 17.5 Å². The zero-order valence-electron chi connectivity index (χ0n) is 16.4. The number of nitrogens with zero attached hydrogens (tertiary/aromatic N) is 2. The van der Waals surface area contributed by atoms with E-state index in [9.17, 15) is 26.7 Å². The number of nitrogens with one attached hydrogen (secondary N) is 1. The summed E-state index contributed by atoms with van der Waals surface area (Å²) in [5.74, 6) is -3.33. The van der Waals surface area contributed by atoms with Gasteiger partial charge in [-0.05, 0) is 50.2 Å². The van der Waals surface area contributed by atoms with Crippen molar-refractivity contribution in [1.29, 1.82) is 0 Å². The van der Waals surface area contributed by atoms with Crippen molar-refractivity contribution in [3.63, 3.8) is 0 Å². The van der Waals surface area contributed by atoms with Crippen LogP contribution in [0.15, 0.2) is 36.4 Å². The Balaban J connectivity index is 1.70. The molecule has 1 fully saturated rings. The molecule has 3 rings (SSSR count). The Morgan fingerprint density at radius 1 is 1.13 bits per heavy atom. The number of rotatable bonds is 5. The van der Waals surface area contributed by atoms with Crippen molar-refractivity contribution in [3.05, 3.63) is 65.0 Å². The van der Waals surface area contributed by atoms with Crippen LogP contribution in [0.5, 0.6) is 0 Å². The van der Waals surface area contributed by atoms with E-state index in [1.54, 1.807) is 11.8 Å². The van der Waals surface area contributed by atoms with Gasteiger partial charge in [0.25, 0.3) is 5.91 Å². The van der Waals surface area contributed by atoms with Gasteiger partial charge < -0.3 is 14.2 Å². The molecule has 10 heteroatoms. The van der Waals surface area contributed by atoms with E-state index in [2.05, 4.69) is 4.72 Å². The minimum Gasteiger partial charge on any atom is -0.755 e. The van der Waals surface area contributed by atoms with Crippen molar-refractivity contribution in [1.82, 2.24) is 9.80 Å². The van der Waals surface area contributed by atoms with Gasteiger partial charge in [0.05, 0.1) is 0 Å². The molecule has 162 valence electrons. The van der Waals surface area contributed by atoms with Gasteiger partial charge in [-0.25, -0.2) is 13.2 Å². The number of halogens is 3. The molecule has 3 atom stereocenters. The number of amides is 1. The minimum absolute atomic E-state index is 0.229. The summed E-state index contributed by atoms with van der Waals surface area (Å²) in [5, 5.41) is 0. The van der Waals surface area contributed by atoms with Crippen LogP contribution >= 0.6 is 0 Å². The molecule has 1 aliphatic heterocycles. The molecule has 2 aromatic rings. The summed E-state index contributed by atoms with van der Waals surface area (Å²) in [6, 6.07) is 6.75.